The van der Waals surface area contributed by atoms with E-state index >= 15 is 0 Å². The van der Waals surface area contributed by atoms with Crippen molar-refractivity contribution >= 4 is 34.2 Å². The first-order chi connectivity index (χ1) is 21.1. The van der Waals surface area contributed by atoms with E-state index in [1.165, 1.54) is 24.0 Å². The lowest BCUT2D eigenvalue weighted by atomic mass is 9.65. The van der Waals surface area contributed by atoms with Gasteiger partial charge < -0.3 is 14.5 Å². The fourth-order valence-electron chi connectivity index (χ4n) is 7.90. The van der Waals surface area contributed by atoms with Gasteiger partial charge in [-0.05, 0) is 138 Å². The number of hydrogen-bond donors (Lipinski definition) is 1. The summed E-state index contributed by atoms with van der Waals surface area (Å²) in [5.41, 5.74) is 4.02. The lowest BCUT2D eigenvalue weighted by Gasteiger charge is -2.46. The minimum atomic E-state index is -1.48. The van der Waals surface area contributed by atoms with Crippen LogP contribution in [0.1, 0.15) is 73.9 Å². The van der Waals surface area contributed by atoms with Crippen LogP contribution in [0, 0.1) is 23.7 Å². The van der Waals surface area contributed by atoms with Crippen LogP contribution in [-0.2, 0) is 22.8 Å². The molecule has 2 aromatic carbocycles. The van der Waals surface area contributed by atoms with Gasteiger partial charge in [0.05, 0.1) is 17.5 Å². The maximum Gasteiger partial charge on any atom is 0.263 e. The van der Waals surface area contributed by atoms with Crippen LogP contribution in [0.2, 0.25) is 5.02 Å². The number of fused-ring (bicyclic) bond motifs is 4. The SMILES string of the molecule is CC1C/C=C/C(CCN(C)C)C2CCC2CN2C[C@@]3(CCCc4cc(Cl)ccc43)COc3ccc(cc32)C(=O)NS(=O)C1C. The summed E-state index contributed by atoms with van der Waals surface area (Å²) < 4.78 is 22.7. The molecule has 2 aromatic rings. The summed E-state index contributed by atoms with van der Waals surface area (Å²) in [6, 6.07) is 12.1. The van der Waals surface area contributed by atoms with Gasteiger partial charge in [-0.25, -0.2) is 4.21 Å². The van der Waals surface area contributed by atoms with Crippen LogP contribution < -0.4 is 14.4 Å². The van der Waals surface area contributed by atoms with Gasteiger partial charge >= 0.3 is 0 Å². The molecule has 238 valence electrons. The molecule has 6 rings (SSSR count). The van der Waals surface area contributed by atoms with Crippen molar-refractivity contribution in [1.82, 2.24) is 9.62 Å². The number of nitrogens with zero attached hydrogens (tertiary/aromatic N) is 2. The van der Waals surface area contributed by atoms with Gasteiger partial charge in [0.1, 0.15) is 16.7 Å². The standard InChI is InChI=1S/C36H48ClN3O3S/c1-24-7-5-8-26(16-18-39(3)4)31-13-10-29(31)21-40-22-36(17-6-9-27-19-30(37)12-14-32(27)36)23-43-34-15-11-28(20-33(34)40)35(41)38-44(42)25(24)2/h5,8,11-12,14-15,19-20,24-26,29,31H,6-7,9-10,13,16-18,21-23H2,1-4H3,(H,38,41)/b8-5+/t24?,25?,26?,29?,31?,36-,44?/m0/s1. The zero-order valence-corrected chi connectivity index (χ0v) is 28.3. The minimum absolute atomic E-state index is 0.156. The first-order valence-corrected chi connectivity index (χ1v) is 18.1. The summed E-state index contributed by atoms with van der Waals surface area (Å²) in [4.78, 5) is 18.3. The van der Waals surface area contributed by atoms with Crippen LogP contribution >= 0.6 is 11.6 Å². The van der Waals surface area contributed by atoms with Crippen LogP contribution in [0.15, 0.2) is 48.6 Å². The highest BCUT2D eigenvalue weighted by Gasteiger charge is 2.44. The Bertz CT molecular complexity index is 1430. The third kappa shape index (κ3) is 6.47. The topological polar surface area (TPSA) is 61.9 Å². The maximum atomic E-state index is 13.4. The molecule has 2 aliphatic carbocycles. The molecule has 0 radical (unpaired) electrons. The van der Waals surface area contributed by atoms with Crippen molar-refractivity contribution in [3.05, 3.63) is 70.3 Å². The Morgan fingerprint density at radius 1 is 1.16 bits per heavy atom. The van der Waals surface area contributed by atoms with Crippen molar-refractivity contribution in [2.75, 3.05) is 45.2 Å². The molecule has 1 saturated carbocycles. The second-order valence-corrected chi connectivity index (χ2v) is 16.1. The molecule has 44 heavy (non-hydrogen) atoms. The van der Waals surface area contributed by atoms with Crippen molar-refractivity contribution < 1.29 is 13.7 Å². The predicted octanol–water partition coefficient (Wildman–Crippen LogP) is 6.79. The molecule has 1 spiro atoms. The Labute approximate surface area is 271 Å². The molecule has 1 fully saturated rings. The number of carbonyl (C=O) groups excluding carboxylic acids is 1. The summed E-state index contributed by atoms with van der Waals surface area (Å²) in [5.74, 6) is 2.41. The van der Waals surface area contributed by atoms with Crippen LogP contribution in [0.25, 0.3) is 0 Å². The second kappa shape index (κ2) is 13.2. The first kappa shape index (κ1) is 31.6. The van der Waals surface area contributed by atoms with Gasteiger partial charge in [0.15, 0.2) is 0 Å². The molecule has 2 heterocycles. The van der Waals surface area contributed by atoms with E-state index < -0.39 is 11.0 Å². The van der Waals surface area contributed by atoms with Crippen molar-refractivity contribution in [3.63, 3.8) is 0 Å². The first-order valence-electron chi connectivity index (χ1n) is 16.5. The van der Waals surface area contributed by atoms with Gasteiger partial charge in [-0.1, -0.05) is 36.7 Å². The molecule has 2 aliphatic heterocycles. The van der Waals surface area contributed by atoms with Crippen molar-refractivity contribution in [3.8, 4) is 5.75 Å². The highest BCUT2D eigenvalue weighted by molar-refractivity contribution is 7.84. The Balaban J connectivity index is 1.40. The molecule has 6 nitrogen and oxygen atoms in total. The molecule has 1 amide bonds. The summed E-state index contributed by atoms with van der Waals surface area (Å²) in [6.07, 6.45) is 12.4. The van der Waals surface area contributed by atoms with E-state index in [1.54, 1.807) is 0 Å². The fourth-order valence-corrected chi connectivity index (χ4v) is 9.11. The Morgan fingerprint density at radius 2 is 2.00 bits per heavy atom. The molecular formula is C36H48ClN3O3S. The average molecular weight is 638 g/mol. The number of rotatable bonds is 3. The summed E-state index contributed by atoms with van der Waals surface area (Å²) in [6.45, 7) is 7.54. The Hall–Kier alpha value is -2.35. The summed E-state index contributed by atoms with van der Waals surface area (Å²) >= 11 is 6.45. The fraction of sp³-hybridized carbons (Fsp3) is 0.583. The zero-order chi connectivity index (χ0) is 31.0. The molecule has 7 atom stereocenters. The molecular weight excluding hydrogens is 590 g/mol. The quantitative estimate of drug-likeness (QED) is 0.376. The van der Waals surface area contributed by atoms with E-state index in [1.807, 2.05) is 31.2 Å². The van der Waals surface area contributed by atoms with E-state index in [2.05, 4.69) is 59.8 Å². The van der Waals surface area contributed by atoms with E-state index in [9.17, 15) is 9.00 Å². The van der Waals surface area contributed by atoms with Crippen molar-refractivity contribution in [2.24, 2.45) is 23.7 Å². The van der Waals surface area contributed by atoms with Gasteiger partial charge in [-0.2, -0.15) is 0 Å². The van der Waals surface area contributed by atoms with E-state index in [0.717, 1.165) is 68.2 Å². The zero-order valence-electron chi connectivity index (χ0n) is 26.7. The minimum Gasteiger partial charge on any atom is -0.490 e. The van der Waals surface area contributed by atoms with E-state index in [-0.39, 0.29) is 22.5 Å². The highest BCUT2D eigenvalue weighted by atomic mass is 35.5. The second-order valence-electron chi connectivity index (χ2n) is 14.1. The van der Waals surface area contributed by atoms with Crippen LogP contribution in [0.5, 0.6) is 5.75 Å². The molecule has 6 unspecified atom stereocenters. The van der Waals surface area contributed by atoms with Gasteiger partial charge in [-0.15, -0.1) is 0 Å². The average Bonchev–Trinajstić information content (AvgIpc) is 3.13. The third-order valence-corrected chi connectivity index (χ3v) is 12.7. The van der Waals surface area contributed by atoms with Crippen molar-refractivity contribution in [2.45, 2.75) is 69.5 Å². The predicted molar refractivity (Wildman–Crippen MR) is 181 cm³/mol. The van der Waals surface area contributed by atoms with Crippen molar-refractivity contribution in [1.29, 1.82) is 0 Å². The molecule has 2 bridgehead atoms. The van der Waals surface area contributed by atoms with Gasteiger partial charge in [0, 0.05) is 29.1 Å². The Morgan fingerprint density at radius 3 is 2.77 bits per heavy atom. The number of amides is 1. The summed E-state index contributed by atoms with van der Waals surface area (Å²) in [7, 11) is 2.83. The number of aryl methyl sites for hydroxylation is 1. The van der Waals surface area contributed by atoms with Crippen LogP contribution in [0.4, 0.5) is 5.69 Å². The molecule has 4 aliphatic rings. The highest BCUT2D eigenvalue weighted by Crippen LogP contribution is 2.48. The number of halogens is 1. The smallest absolute Gasteiger partial charge is 0.263 e. The Kier molecular flexibility index (Phi) is 9.47. The number of hydrogen-bond acceptors (Lipinski definition) is 5. The summed E-state index contributed by atoms with van der Waals surface area (Å²) in [5, 5.41) is 0.628. The molecule has 0 aromatic heterocycles. The molecule has 1 N–H and O–H groups in total. The molecule has 8 heteroatoms. The lowest BCUT2D eigenvalue weighted by molar-refractivity contribution is 0.0982. The third-order valence-electron chi connectivity index (χ3n) is 10.9. The van der Waals surface area contributed by atoms with Gasteiger partial charge in [0.2, 0.25) is 0 Å². The monoisotopic (exact) mass is 637 g/mol. The van der Waals surface area contributed by atoms with Gasteiger partial charge in [-0.3, -0.25) is 9.52 Å². The lowest BCUT2D eigenvalue weighted by Crippen LogP contribution is -2.49. The van der Waals surface area contributed by atoms with Gasteiger partial charge in [0.25, 0.3) is 5.91 Å². The van der Waals surface area contributed by atoms with E-state index in [0.29, 0.717) is 29.9 Å². The number of carbonyl (C=O) groups is 1. The number of anilines is 1. The largest absolute Gasteiger partial charge is 0.490 e. The van der Waals surface area contributed by atoms with E-state index in [4.69, 9.17) is 16.3 Å². The maximum absolute atomic E-state index is 13.4. The number of ether oxygens (including phenoxy) is 1. The molecule has 0 saturated heterocycles. The normalized spacial score (nSPS) is 33.0. The number of nitrogens with one attached hydrogen (secondary N) is 1. The number of benzene rings is 2. The number of allylic oxidation sites excluding steroid dienone is 2. The van der Waals surface area contributed by atoms with Crippen LogP contribution in [0.3, 0.4) is 0 Å². The van der Waals surface area contributed by atoms with Crippen LogP contribution in [-0.4, -0.2) is 60.6 Å².